The monoisotopic (exact) mass is 302 g/mol. The third-order valence-corrected chi connectivity index (χ3v) is 4.04. The highest BCUT2D eigenvalue weighted by Crippen LogP contribution is 2.27. The van der Waals surface area contributed by atoms with E-state index in [1.54, 1.807) is 0 Å². The predicted molar refractivity (Wildman–Crippen MR) is 86.1 cm³/mol. The summed E-state index contributed by atoms with van der Waals surface area (Å²) in [5.41, 5.74) is 8.19. The van der Waals surface area contributed by atoms with E-state index in [4.69, 9.17) is 10.8 Å². The number of hydrogen-bond donors (Lipinski definition) is 3. The second-order valence-corrected chi connectivity index (χ2v) is 5.60. The van der Waals surface area contributed by atoms with Gasteiger partial charge in [0.05, 0.1) is 12.4 Å². The minimum absolute atomic E-state index is 0.0559. The Morgan fingerprint density at radius 2 is 1.76 bits per heavy atom. The van der Waals surface area contributed by atoms with E-state index >= 15 is 0 Å². The van der Waals surface area contributed by atoms with E-state index < -0.39 is 0 Å². The molecule has 5 heteroatoms. The van der Waals surface area contributed by atoms with Crippen LogP contribution in [0.4, 0.5) is 5.69 Å². The molecule has 1 amide bonds. The molecule has 0 unspecified atom stereocenters. The van der Waals surface area contributed by atoms with Crippen molar-refractivity contribution < 1.29 is 9.90 Å². The summed E-state index contributed by atoms with van der Waals surface area (Å²) in [5.74, 6) is -0.0569. The number of hydrogen-bond acceptors (Lipinski definition) is 4. The van der Waals surface area contributed by atoms with Crippen LogP contribution in [0, 0.1) is 0 Å². The first-order valence-corrected chi connectivity index (χ1v) is 7.60. The lowest BCUT2D eigenvalue weighted by Gasteiger charge is -2.11. The topological polar surface area (TPSA) is 75.4 Å². The number of carbonyl (C=O) groups excluding carboxylic acids is 1. The average Bonchev–Trinajstić information content (AvgIpc) is 2.52. The van der Waals surface area contributed by atoms with Crippen LogP contribution < -0.4 is 11.1 Å². The lowest BCUT2D eigenvalue weighted by Crippen LogP contribution is -2.13. The van der Waals surface area contributed by atoms with Gasteiger partial charge in [0, 0.05) is 17.1 Å². The van der Waals surface area contributed by atoms with Crippen LogP contribution in [0.3, 0.4) is 0 Å². The summed E-state index contributed by atoms with van der Waals surface area (Å²) in [5, 5.41) is 12.4. The smallest absolute Gasteiger partial charge is 0.227 e. The highest BCUT2D eigenvalue weighted by molar-refractivity contribution is 8.00. The van der Waals surface area contributed by atoms with E-state index in [0.29, 0.717) is 6.54 Å². The van der Waals surface area contributed by atoms with Crippen LogP contribution in [-0.2, 0) is 17.9 Å². The van der Waals surface area contributed by atoms with Gasteiger partial charge in [0.1, 0.15) is 0 Å². The standard InChI is InChI=1S/C16H18N2O2S/c17-16(20)11-21-15-4-2-1-3-14(15)18-9-12-5-7-13(10-19)8-6-12/h1-8,18-19H,9-11H2,(H2,17,20). The van der Waals surface area contributed by atoms with Crippen molar-refractivity contribution in [2.45, 2.75) is 18.0 Å². The first kappa shape index (κ1) is 15.4. The van der Waals surface area contributed by atoms with E-state index in [2.05, 4.69) is 5.32 Å². The molecule has 110 valence electrons. The molecule has 0 atom stereocenters. The molecule has 0 fully saturated rings. The van der Waals surface area contributed by atoms with E-state index in [-0.39, 0.29) is 18.3 Å². The molecule has 4 nitrogen and oxygen atoms in total. The van der Waals surface area contributed by atoms with Crippen LogP contribution >= 0.6 is 11.8 Å². The zero-order chi connectivity index (χ0) is 15.1. The molecule has 2 rings (SSSR count). The molecule has 21 heavy (non-hydrogen) atoms. The van der Waals surface area contributed by atoms with E-state index in [1.165, 1.54) is 11.8 Å². The van der Waals surface area contributed by atoms with Crippen molar-refractivity contribution in [2.75, 3.05) is 11.1 Å². The Balaban J connectivity index is 2.00. The maximum atomic E-state index is 10.9. The van der Waals surface area contributed by atoms with Crippen molar-refractivity contribution in [3.8, 4) is 0 Å². The van der Waals surface area contributed by atoms with Gasteiger partial charge in [-0.3, -0.25) is 4.79 Å². The lowest BCUT2D eigenvalue weighted by atomic mass is 10.1. The van der Waals surface area contributed by atoms with Crippen molar-refractivity contribution in [1.82, 2.24) is 0 Å². The molecule has 0 aliphatic rings. The van der Waals surface area contributed by atoms with Gasteiger partial charge in [0.2, 0.25) is 5.91 Å². The first-order chi connectivity index (χ1) is 10.2. The molecular formula is C16H18N2O2S. The SMILES string of the molecule is NC(=O)CSc1ccccc1NCc1ccc(CO)cc1. The predicted octanol–water partition coefficient (Wildman–Crippen LogP) is 2.37. The zero-order valence-corrected chi connectivity index (χ0v) is 12.4. The number of benzene rings is 2. The fourth-order valence-electron chi connectivity index (χ4n) is 1.85. The number of para-hydroxylation sites is 1. The molecular weight excluding hydrogens is 284 g/mol. The Labute approximate surface area is 128 Å². The van der Waals surface area contributed by atoms with Gasteiger partial charge in [0.15, 0.2) is 0 Å². The van der Waals surface area contributed by atoms with E-state index in [9.17, 15) is 4.79 Å². The zero-order valence-electron chi connectivity index (χ0n) is 11.6. The van der Waals surface area contributed by atoms with Crippen LogP contribution in [0.25, 0.3) is 0 Å². The molecule has 0 aliphatic heterocycles. The molecule has 0 radical (unpaired) electrons. The lowest BCUT2D eigenvalue weighted by molar-refractivity contribution is -0.115. The van der Waals surface area contributed by atoms with Crippen LogP contribution in [0.2, 0.25) is 0 Å². The number of nitrogens with two attached hydrogens (primary N) is 1. The van der Waals surface area contributed by atoms with Gasteiger partial charge in [-0.1, -0.05) is 36.4 Å². The second kappa shape index (κ2) is 7.71. The van der Waals surface area contributed by atoms with Gasteiger partial charge in [-0.25, -0.2) is 0 Å². The Kier molecular flexibility index (Phi) is 5.66. The van der Waals surface area contributed by atoms with Gasteiger partial charge in [0.25, 0.3) is 0 Å². The number of aliphatic hydroxyl groups is 1. The molecule has 0 bridgehead atoms. The van der Waals surface area contributed by atoms with Crippen LogP contribution in [0.5, 0.6) is 0 Å². The third kappa shape index (κ3) is 4.81. The summed E-state index contributed by atoms with van der Waals surface area (Å²) in [6.45, 7) is 0.736. The van der Waals surface area contributed by atoms with Crippen LogP contribution in [-0.4, -0.2) is 16.8 Å². The summed E-state index contributed by atoms with van der Waals surface area (Å²) >= 11 is 1.43. The summed E-state index contributed by atoms with van der Waals surface area (Å²) in [6, 6.07) is 15.6. The van der Waals surface area contributed by atoms with Crippen molar-refractivity contribution >= 4 is 23.4 Å². The van der Waals surface area contributed by atoms with E-state index in [0.717, 1.165) is 21.7 Å². The quantitative estimate of drug-likeness (QED) is 0.686. The summed E-state index contributed by atoms with van der Waals surface area (Å²) in [4.78, 5) is 11.9. The highest BCUT2D eigenvalue weighted by atomic mass is 32.2. The first-order valence-electron chi connectivity index (χ1n) is 6.61. The van der Waals surface area contributed by atoms with Gasteiger partial charge >= 0.3 is 0 Å². The second-order valence-electron chi connectivity index (χ2n) is 4.58. The molecule has 0 saturated carbocycles. The van der Waals surface area contributed by atoms with Gasteiger partial charge in [-0.2, -0.15) is 0 Å². The third-order valence-electron chi connectivity index (χ3n) is 2.95. The van der Waals surface area contributed by atoms with Crippen molar-refractivity contribution in [3.05, 3.63) is 59.7 Å². The average molecular weight is 302 g/mol. The normalized spacial score (nSPS) is 10.3. The number of nitrogens with one attached hydrogen (secondary N) is 1. The van der Waals surface area contributed by atoms with Crippen molar-refractivity contribution in [3.63, 3.8) is 0 Å². The van der Waals surface area contributed by atoms with Gasteiger partial charge in [-0.15, -0.1) is 11.8 Å². The molecule has 4 N–H and O–H groups in total. The number of aliphatic hydroxyl groups excluding tert-OH is 1. The fourth-order valence-corrected chi connectivity index (χ4v) is 2.62. The number of primary amides is 1. The number of carbonyl (C=O) groups is 1. The Hall–Kier alpha value is -1.98. The molecule has 0 saturated heterocycles. The molecule has 0 spiro atoms. The maximum Gasteiger partial charge on any atom is 0.227 e. The van der Waals surface area contributed by atoms with E-state index in [1.807, 2.05) is 48.5 Å². The number of anilines is 1. The van der Waals surface area contributed by atoms with Crippen molar-refractivity contribution in [1.29, 1.82) is 0 Å². The minimum atomic E-state index is -0.325. The fraction of sp³-hybridized carbons (Fsp3) is 0.188. The summed E-state index contributed by atoms with van der Waals surface area (Å²) in [7, 11) is 0. The Bertz CT molecular complexity index is 599. The Morgan fingerprint density at radius 3 is 2.43 bits per heavy atom. The minimum Gasteiger partial charge on any atom is -0.392 e. The molecule has 0 aliphatic carbocycles. The summed E-state index contributed by atoms with van der Waals surface area (Å²) in [6.07, 6.45) is 0. The molecule has 0 aromatic heterocycles. The Morgan fingerprint density at radius 1 is 1.10 bits per heavy atom. The van der Waals surface area contributed by atoms with Crippen molar-refractivity contribution in [2.24, 2.45) is 5.73 Å². The molecule has 2 aromatic rings. The molecule has 2 aromatic carbocycles. The molecule has 0 heterocycles. The van der Waals surface area contributed by atoms with Gasteiger partial charge in [-0.05, 0) is 23.3 Å². The summed E-state index contributed by atoms with van der Waals surface area (Å²) < 4.78 is 0. The van der Waals surface area contributed by atoms with Gasteiger partial charge < -0.3 is 16.2 Å². The maximum absolute atomic E-state index is 10.9. The number of thioether (sulfide) groups is 1. The largest absolute Gasteiger partial charge is 0.392 e. The highest BCUT2D eigenvalue weighted by Gasteiger charge is 2.04. The number of amides is 1. The van der Waals surface area contributed by atoms with Crippen LogP contribution in [0.1, 0.15) is 11.1 Å². The van der Waals surface area contributed by atoms with Crippen LogP contribution in [0.15, 0.2) is 53.4 Å². The number of rotatable bonds is 7.